The number of unbranched alkanes of at least 4 members (excludes halogenated alkanes) is 1. The lowest BCUT2D eigenvalue weighted by Gasteiger charge is -2.29. The fraction of sp³-hybridized carbons (Fsp3) is 0.724. The molecule has 0 atom stereocenters. The second-order valence-electron chi connectivity index (χ2n) is 10.4. The molecule has 0 saturated heterocycles. The summed E-state index contributed by atoms with van der Waals surface area (Å²) in [7, 11) is 0. The van der Waals surface area contributed by atoms with Crippen LogP contribution in [0.2, 0.25) is 0 Å². The van der Waals surface area contributed by atoms with Gasteiger partial charge in [0.25, 0.3) is 0 Å². The highest BCUT2D eigenvalue weighted by molar-refractivity contribution is 5.35. The van der Waals surface area contributed by atoms with E-state index in [9.17, 15) is 17.6 Å². The van der Waals surface area contributed by atoms with E-state index >= 15 is 0 Å². The van der Waals surface area contributed by atoms with Crippen molar-refractivity contribution in [2.24, 2.45) is 17.8 Å². The molecule has 0 N–H and O–H groups in total. The van der Waals surface area contributed by atoms with E-state index in [0.717, 1.165) is 37.3 Å². The van der Waals surface area contributed by atoms with E-state index in [0.29, 0.717) is 31.1 Å². The Labute approximate surface area is 213 Å². The fourth-order valence-electron chi connectivity index (χ4n) is 5.28. The van der Waals surface area contributed by atoms with Crippen molar-refractivity contribution in [1.29, 1.82) is 0 Å². The van der Waals surface area contributed by atoms with Gasteiger partial charge < -0.3 is 14.2 Å². The van der Waals surface area contributed by atoms with Gasteiger partial charge in [-0.15, -0.1) is 0 Å². The smallest absolute Gasteiger partial charge is 0.422 e. The van der Waals surface area contributed by atoms with Gasteiger partial charge >= 0.3 is 6.11 Å². The van der Waals surface area contributed by atoms with Crippen LogP contribution in [-0.2, 0) is 4.74 Å². The molecular formula is C29H42F4O3. The molecule has 204 valence electrons. The summed E-state index contributed by atoms with van der Waals surface area (Å²) in [5.74, 6) is -1.97. The highest BCUT2D eigenvalue weighted by Gasteiger charge is 2.36. The zero-order chi connectivity index (χ0) is 26.0. The van der Waals surface area contributed by atoms with Crippen molar-refractivity contribution in [2.45, 2.75) is 103 Å². The standard InChI is InChI=1S/C29H42F4O3/c1-3-5-19-34-25-17-18-26(28(31)27(25)30)36-29(32,33)20-35-24-15-13-23(14-16-24)12-11-22-9-7-21(6-4-2)8-10-22/h11-12,17-18,21-24H,3-10,13-16,19-20H2,1-2H3. The van der Waals surface area contributed by atoms with Gasteiger partial charge in [-0.1, -0.05) is 45.3 Å². The first-order chi connectivity index (χ1) is 17.3. The molecule has 2 fully saturated rings. The number of rotatable bonds is 13. The fourth-order valence-corrected chi connectivity index (χ4v) is 5.28. The second-order valence-corrected chi connectivity index (χ2v) is 10.4. The van der Waals surface area contributed by atoms with Crippen LogP contribution in [0.5, 0.6) is 11.5 Å². The molecule has 0 heterocycles. The summed E-state index contributed by atoms with van der Waals surface area (Å²) >= 11 is 0. The lowest BCUT2D eigenvalue weighted by Crippen LogP contribution is -2.34. The zero-order valence-electron chi connectivity index (χ0n) is 21.8. The number of hydrogen-bond acceptors (Lipinski definition) is 3. The van der Waals surface area contributed by atoms with E-state index in [2.05, 4.69) is 23.8 Å². The maximum atomic E-state index is 14.3. The van der Waals surface area contributed by atoms with E-state index in [-0.39, 0.29) is 18.5 Å². The summed E-state index contributed by atoms with van der Waals surface area (Å²) < 4.78 is 72.1. The van der Waals surface area contributed by atoms with Crippen LogP contribution in [0.25, 0.3) is 0 Å². The summed E-state index contributed by atoms with van der Waals surface area (Å²) in [6.45, 7) is 3.40. The van der Waals surface area contributed by atoms with Gasteiger partial charge in [0.15, 0.2) is 18.1 Å². The number of benzene rings is 1. The second kappa shape index (κ2) is 14.3. The molecule has 3 rings (SSSR count). The number of allylic oxidation sites excluding steroid dienone is 2. The summed E-state index contributed by atoms with van der Waals surface area (Å²) in [4.78, 5) is 0. The molecule has 3 nitrogen and oxygen atoms in total. The maximum absolute atomic E-state index is 14.3. The van der Waals surface area contributed by atoms with E-state index in [1.165, 1.54) is 38.5 Å². The summed E-state index contributed by atoms with van der Waals surface area (Å²) in [6.07, 6.45) is 13.1. The van der Waals surface area contributed by atoms with Crippen LogP contribution in [0.15, 0.2) is 24.3 Å². The molecule has 36 heavy (non-hydrogen) atoms. The molecule has 0 spiro atoms. The van der Waals surface area contributed by atoms with Gasteiger partial charge in [-0.3, -0.25) is 0 Å². The van der Waals surface area contributed by atoms with Crippen LogP contribution in [0.1, 0.15) is 90.9 Å². The predicted molar refractivity (Wildman–Crippen MR) is 134 cm³/mol. The van der Waals surface area contributed by atoms with Gasteiger partial charge in [-0.05, 0) is 87.7 Å². The van der Waals surface area contributed by atoms with E-state index in [1.807, 2.05) is 6.92 Å². The van der Waals surface area contributed by atoms with Crippen LogP contribution in [-0.4, -0.2) is 25.4 Å². The number of alkyl halides is 2. The number of halogens is 4. The molecule has 2 aliphatic rings. The summed E-state index contributed by atoms with van der Waals surface area (Å²) in [5, 5.41) is 0. The van der Waals surface area contributed by atoms with Gasteiger partial charge in [-0.25, -0.2) is 0 Å². The molecular weight excluding hydrogens is 472 g/mol. The zero-order valence-corrected chi connectivity index (χ0v) is 21.8. The Kier molecular flexibility index (Phi) is 11.4. The molecule has 0 radical (unpaired) electrons. The van der Waals surface area contributed by atoms with E-state index in [4.69, 9.17) is 9.47 Å². The van der Waals surface area contributed by atoms with Crippen molar-refractivity contribution in [3.63, 3.8) is 0 Å². The number of hydrogen-bond donors (Lipinski definition) is 0. The Bertz CT molecular complexity index is 813. The van der Waals surface area contributed by atoms with Crippen LogP contribution >= 0.6 is 0 Å². The Morgan fingerprint density at radius 2 is 1.42 bits per heavy atom. The van der Waals surface area contributed by atoms with Gasteiger partial charge in [-0.2, -0.15) is 17.6 Å². The maximum Gasteiger partial charge on any atom is 0.422 e. The predicted octanol–water partition coefficient (Wildman–Crippen LogP) is 8.85. The molecule has 0 unspecified atom stereocenters. The number of ether oxygens (including phenoxy) is 3. The molecule has 2 saturated carbocycles. The first-order valence-electron chi connectivity index (χ1n) is 13.8. The van der Waals surface area contributed by atoms with Crippen molar-refractivity contribution < 1.29 is 31.8 Å². The lowest BCUT2D eigenvalue weighted by atomic mass is 9.79. The van der Waals surface area contributed by atoms with Crippen molar-refractivity contribution >= 4 is 0 Å². The quantitative estimate of drug-likeness (QED) is 0.149. The van der Waals surface area contributed by atoms with Crippen LogP contribution in [0, 0.1) is 29.4 Å². The van der Waals surface area contributed by atoms with Crippen molar-refractivity contribution in [3.05, 3.63) is 35.9 Å². The highest BCUT2D eigenvalue weighted by Crippen LogP contribution is 2.35. The molecule has 0 aliphatic heterocycles. The van der Waals surface area contributed by atoms with Crippen LogP contribution in [0.4, 0.5) is 17.6 Å². The van der Waals surface area contributed by atoms with Crippen LogP contribution < -0.4 is 9.47 Å². The summed E-state index contributed by atoms with van der Waals surface area (Å²) in [5.41, 5.74) is 0. The minimum absolute atomic E-state index is 0.217. The third-order valence-electron chi connectivity index (χ3n) is 7.48. The van der Waals surface area contributed by atoms with Crippen LogP contribution in [0.3, 0.4) is 0 Å². The van der Waals surface area contributed by atoms with Gasteiger partial charge in [0, 0.05) is 0 Å². The van der Waals surface area contributed by atoms with Crippen molar-refractivity contribution in [2.75, 3.05) is 13.2 Å². The molecule has 7 heteroatoms. The topological polar surface area (TPSA) is 27.7 Å². The minimum atomic E-state index is -3.77. The largest absolute Gasteiger partial charge is 0.490 e. The van der Waals surface area contributed by atoms with Crippen molar-refractivity contribution in [1.82, 2.24) is 0 Å². The Hall–Kier alpha value is -1.76. The van der Waals surface area contributed by atoms with Gasteiger partial charge in [0.2, 0.25) is 11.6 Å². The summed E-state index contributed by atoms with van der Waals surface area (Å²) in [6, 6.07) is 2.06. The Balaban J connectivity index is 1.39. The molecule has 1 aromatic rings. The minimum Gasteiger partial charge on any atom is -0.490 e. The monoisotopic (exact) mass is 514 g/mol. The molecule has 0 amide bonds. The van der Waals surface area contributed by atoms with Gasteiger partial charge in [0.1, 0.15) is 0 Å². The third-order valence-corrected chi connectivity index (χ3v) is 7.48. The van der Waals surface area contributed by atoms with Crippen molar-refractivity contribution in [3.8, 4) is 11.5 Å². The highest BCUT2D eigenvalue weighted by atomic mass is 19.3. The first kappa shape index (κ1) is 28.8. The third kappa shape index (κ3) is 8.97. The Morgan fingerprint density at radius 3 is 2.03 bits per heavy atom. The molecule has 2 aliphatic carbocycles. The van der Waals surface area contributed by atoms with E-state index in [1.54, 1.807) is 0 Å². The SMILES string of the molecule is CCCCOc1ccc(OC(F)(F)COC2CCC(C=CC3CCC(CCC)CC3)CC2)c(F)c1F. The average Bonchev–Trinajstić information content (AvgIpc) is 2.87. The lowest BCUT2D eigenvalue weighted by molar-refractivity contribution is -0.223. The molecule has 1 aromatic carbocycles. The molecule has 0 aromatic heterocycles. The van der Waals surface area contributed by atoms with Gasteiger partial charge in [0.05, 0.1) is 12.7 Å². The van der Waals surface area contributed by atoms with E-state index < -0.39 is 30.1 Å². The average molecular weight is 515 g/mol. The Morgan fingerprint density at radius 1 is 0.833 bits per heavy atom. The molecule has 0 bridgehead atoms. The first-order valence-corrected chi connectivity index (χ1v) is 13.8. The normalized spacial score (nSPS) is 25.3.